The van der Waals surface area contributed by atoms with Gasteiger partial charge in [-0.1, -0.05) is 56.3 Å². The molecule has 1 spiro atoms. The number of fused-ring (bicyclic) bond motifs is 2. The van der Waals surface area contributed by atoms with Crippen LogP contribution in [0.1, 0.15) is 55.2 Å². The Hall–Kier alpha value is -2.97. The number of imidazole rings is 1. The van der Waals surface area contributed by atoms with Crippen molar-refractivity contribution in [2.24, 2.45) is 7.05 Å². The van der Waals surface area contributed by atoms with Gasteiger partial charge in [0.15, 0.2) is 5.03 Å². The van der Waals surface area contributed by atoms with E-state index in [2.05, 4.69) is 22.4 Å². The number of hydrogen-bond acceptors (Lipinski definition) is 4. The molecular weight excluding hydrogens is 460 g/mol. The molecule has 1 saturated heterocycles. The number of nitrogens with one attached hydrogen (secondary N) is 1. The summed E-state index contributed by atoms with van der Waals surface area (Å²) in [5.41, 5.74) is 3.80. The van der Waals surface area contributed by atoms with Crippen LogP contribution in [-0.4, -0.2) is 47.3 Å². The standard InChI is InChI=1S/C25H28N4O3S.C2H6.H2/c1-18-7-3-5-9-20(18)24(30)27-22-15-19-8-4-6-10-21(19)25(22)11-13-29(14-12-25)33(31,32)23-16-28(2)17-26-23;1-2;/h3-10,16-17,22H,11-15H2,1-2H3,(H,27,30);1-2H3;1H. The molecule has 8 heteroatoms. The molecule has 7 nitrogen and oxygen atoms in total. The van der Waals surface area contributed by atoms with E-state index < -0.39 is 10.0 Å². The zero-order valence-corrected chi connectivity index (χ0v) is 21.7. The Bertz CT molecular complexity index is 1310. The highest BCUT2D eigenvalue weighted by Gasteiger charge is 2.50. The maximum atomic E-state index is 13.2. The minimum absolute atomic E-state index is 0. The number of carbonyl (C=O) groups is 1. The highest BCUT2D eigenvalue weighted by Crippen LogP contribution is 2.47. The van der Waals surface area contributed by atoms with Gasteiger partial charge in [-0.25, -0.2) is 13.4 Å². The minimum atomic E-state index is -3.64. The molecule has 1 unspecified atom stereocenters. The Kier molecular flexibility index (Phi) is 7.15. The number of piperidine rings is 1. The van der Waals surface area contributed by atoms with Gasteiger partial charge < -0.3 is 9.88 Å². The van der Waals surface area contributed by atoms with Gasteiger partial charge in [0.05, 0.1) is 6.33 Å². The third kappa shape index (κ3) is 4.52. The second kappa shape index (κ2) is 9.95. The molecule has 188 valence electrons. The van der Waals surface area contributed by atoms with E-state index >= 15 is 0 Å². The largest absolute Gasteiger partial charge is 0.348 e. The SMILES string of the molecule is CC.Cc1ccccc1C(=O)NC1Cc2ccccc2C12CCN(S(=O)(=O)c1cn(C)cn1)CC2.[HH]. The van der Waals surface area contributed by atoms with Crippen LogP contribution in [0.3, 0.4) is 0 Å². The van der Waals surface area contributed by atoms with E-state index in [1.165, 1.54) is 28.0 Å². The van der Waals surface area contributed by atoms with Crippen molar-refractivity contribution in [3.8, 4) is 0 Å². The van der Waals surface area contributed by atoms with Crippen LogP contribution >= 0.6 is 0 Å². The number of carbonyl (C=O) groups excluding carboxylic acids is 1. The van der Waals surface area contributed by atoms with Gasteiger partial charge in [-0.05, 0) is 48.9 Å². The molecule has 35 heavy (non-hydrogen) atoms. The van der Waals surface area contributed by atoms with Crippen molar-refractivity contribution in [3.63, 3.8) is 0 Å². The van der Waals surface area contributed by atoms with Crippen molar-refractivity contribution in [3.05, 3.63) is 83.3 Å². The molecule has 0 saturated carbocycles. The molecule has 2 aromatic carbocycles. The summed E-state index contributed by atoms with van der Waals surface area (Å²) in [5.74, 6) is -0.0752. The Labute approximate surface area is 209 Å². The summed E-state index contributed by atoms with van der Waals surface area (Å²) in [6.45, 7) is 6.73. The maximum absolute atomic E-state index is 13.2. The topological polar surface area (TPSA) is 84.3 Å². The molecule has 1 aliphatic heterocycles. The molecule has 0 radical (unpaired) electrons. The van der Waals surface area contributed by atoms with Crippen LogP contribution in [-0.2, 0) is 28.9 Å². The summed E-state index contributed by atoms with van der Waals surface area (Å²) in [5, 5.41) is 3.39. The number of sulfonamides is 1. The Morgan fingerprint density at radius 1 is 1.09 bits per heavy atom. The van der Waals surface area contributed by atoms with Crippen LogP contribution in [0.5, 0.6) is 0 Å². The van der Waals surface area contributed by atoms with Gasteiger partial charge in [-0.3, -0.25) is 4.79 Å². The smallest absolute Gasteiger partial charge is 0.262 e. The summed E-state index contributed by atoms with van der Waals surface area (Å²) in [6.07, 6.45) is 5.09. The van der Waals surface area contributed by atoms with Crippen LogP contribution in [0, 0.1) is 6.92 Å². The fourth-order valence-corrected chi connectivity index (χ4v) is 6.85. The minimum Gasteiger partial charge on any atom is -0.348 e. The van der Waals surface area contributed by atoms with Gasteiger partial charge in [0, 0.05) is 44.8 Å². The predicted octanol–water partition coefficient (Wildman–Crippen LogP) is 4.08. The van der Waals surface area contributed by atoms with Crippen molar-refractivity contribution in [1.82, 2.24) is 19.2 Å². The van der Waals surface area contributed by atoms with Crippen molar-refractivity contribution < 1.29 is 14.6 Å². The number of rotatable bonds is 4. The number of amides is 1. The quantitative estimate of drug-likeness (QED) is 0.590. The average Bonchev–Trinajstić information content (AvgIpc) is 3.43. The van der Waals surface area contributed by atoms with E-state index in [4.69, 9.17) is 0 Å². The lowest BCUT2D eigenvalue weighted by molar-refractivity contribution is 0.0896. The molecular formula is C27H36N4O3S. The molecule has 1 atom stereocenters. The Morgan fingerprint density at radius 3 is 2.40 bits per heavy atom. The predicted molar refractivity (Wildman–Crippen MR) is 139 cm³/mol. The number of nitrogens with zero attached hydrogens (tertiary/aromatic N) is 3. The number of benzene rings is 2. The first kappa shape index (κ1) is 25.1. The van der Waals surface area contributed by atoms with Crippen LogP contribution in [0.15, 0.2) is 66.1 Å². The van der Waals surface area contributed by atoms with Crippen LogP contribution in [0.25, 0.3) is 0 Å². The molecule has 0 bridgehead atoms. The van der Waals surface area contributed by atoms with Crippen LogP contribution in [0.4, 0.5) is 0 Å². The van der Waals surface area contributed by atoms with Gasteiger partial charge in [-0.15, -0.1) is 0 Å². The van der Waals surface area contributed by atoms with E-state index in [0.717, 1.165) is 12.0 Å². The van der Waals surface area contributed by atoms with Crippen molar-refractivity contribution in [2.75, 3.05) is 13.1 Å². The van der Waals surface area contributed by atoms with Gasteiger partial charge in [0.25, 0.3) is 15.9 Å². The van der Waals surface area contributed by atoms with Crippen molar-refractivity contribution >= 4 is 15.9 Å². The van der Waals surface area contributed by atoms with E-state index in [9.17, 15) is 13.2 Å². The summed E-state index contributed by atoms with van der Waals surface area (Å²) < 4.78 is 29.4. The molecule has 3 aromatic rings. The van der Waals surface area contributed by atoms with Gasteiger partial charge in [-0.2, -0.15) is 4.31 Å². The first-order valence-corrected chi connectivity index (χ1v) is 13.7. The maximum Gasteiger partial charge on any atom is 0.262 e. The van der Waals surface area contributed by atoms with E-state index in [1.54, 1.807) is 11.6 Å². The monoisotopic (exact) mass is 496 g/mol. The Morgan fingerprint density at radius 2 is 1.74 bits per heavy atom. The fourth-order valence-electron chi connectivity index (χ4n) is 5.44. The molecule has 1 aromatic heterocycles. The summed E-state index contributed by atoms with van der Waals surface area (Å²) in [6, 6.07) is 15.8. The zero-order valence-electron chi connectivity index (χ0n) is 20.9. The molecule has 5 rings (SSSR count). The van der Waals surface area contributed by atoms with Crippen LogP contribution in [0.2, 0.25) is 0 Å². The zero-order chi connectivity index (χ0) is 25.2. The summed E-state index contributed by atoms with van der Waals surface area (Å²) in [7, 11) is -1.88. The summed E-state index contributed by atoms with van der Waals surface area (Å²) in [4.78, 5) is 17.2. The van der Waals surface area contributed by atoms with E-state index in [1.807, 2.05) is 57.2 Å². The molecule has 1 amide bonds. The third-order valence-electron chi connectivity index (χ3n) is 7.24. The second-order valence-electron chi connectivity index (χ2n) is 9.14. The molecule has 1 fully saturated rings. The van der Waals surface area contributed by atoms with Gasteiger partial charge in [0.1, 0.15) is 0 Å². The highest BCUT2D eigenvalue weighted by molar-refractivity contribution is 7.89. The Balaban J connectivity index is 0.00000117. The molecule has 2 aliphatic rings. The number of hydrogen-bond donors (Lipinski definition) is 1. The lowest BCUT2D eigenvalue weighted by atomic mass is 9.71. The fraction of sp³-hybridized carbons (Fsp3) is 0.407. The highest BCUT2D eigenvalue weighted by atomic mass is 32.2. The van der Waals surface area contributed by atoms with Crippen molar-refractivity contribution in [2.45, 2.75) is 56.5 Å². The lowest BCUT2D eigenvalue weighted by Gasteiger charge is -2.43. The first-order valence-electron chi connectivity index (χ1n) is 12.2. The molecule has 1 N–H and O–H groups in total. The van der Waals surface area contributed by atoms with Gasteiger partial charge in [0.2, 0.25) is 0 Å². The van der Waals surface area contributed by atoms with E-state index in [-0.39, 0.29) is 23.8 Å². The van der Waals surface area contributed by atoms with Crippen molar-refractivity contribution in [1.29, 1.82) is 0 Å². The van der Waals surface area contributed by atoms with Crippen LogP contribution < -0.4 is 5.32 Å². The van der Waals surface area contributed by atoms with Gasteiger partial charge >= 0.3 is 0 Å². The lowest BCUT2D eigenvalue weighted by Crippen LogP contribution is -2.54. The summed E-state index contributed by atoms with van der Waals surface area (Å²) >= 11 is 0. The molecule has 2 heterocycles. The van der Waals surface area contributed by atoms with E-state index in [0.29, 0.717) is 31.5 Å². The molecule has 1 aliphatic carbocycles. The second-order valence-corrected chi connectivity index (χ2v) is 11.0. The normalized spacial score (nSPS) is 19.0. The third-order valence-corrected chi connectivity index (χ3v) is 9.02. The number of aromatic nitrogens is 2. The first-order chi connectivity index (χ1) is 16.8. The number of aryl methyl sites for hydroxylation is 2. The average molecular weight is 497 g/mol.